The van der Waals surface area contributed by atoms with E-state index in [0.29, 0.717) is 12.5 Å². The van der Waals surface area contributed by atoms with E-state index in [9.17, 15) is 4.79 Å². The van der Waals surface area contributed by atoms with Gasteiger partial charge in [-0.15, -0.1) is 0 Å². The van der Waals surface area contributed by atoms with E-state index in [1.807, 2.05) is 4.90 Å². The summed E-state index contributed by atoms with van der Waals surface area (Å²) >= 11 is 0. The standard InChI is InChI=1S/C13H21N3O/c1-13(4-2-3-5-13)12(17)16-10-8-15(7-6-14)9-11-16/h2-5,7-11H2,1H3. The minimum atomic E-state index is -0.0998. The number of carbonyl (C=O) groups is 1. The van der Waals surface area contributed by atoms with Crippen molar-refractivity contribution >= 4 is 5.91 Å². The van der Waals surface area contributed by atoms with Crippen LogP contribution in [0.3, 0.4) is 0 Å². The van der Waals surface area contributed by atoms with Gasteiger partial charge in [0.1, 0.15) is 0 Å². The molecule has 0 unspecified atom stereocenters. The highest BCUT2D eigenvalue weighted by Gasteiger charge is 2.39. The summed E-state index contributed by atoms with van der Waals surface area (Å²) < 4.78 is 0. The Balaban J connectivity index is 1.88. The zero-order valence-electron chi connectivity index (χ0n) is 10.6. The Morgan fingerprint density at radius 1 is 1.24 bits per heavy atom. The van der Waals surface area contributed by atoms with Crippen molar-refractivity contribution in [2.24, 2.45) is 5.41 Å². The van der Waals surface area contributed by atoms with Gasteiger partial charge in [-0.2, -0.15) is 5.26 Å². The molecule has 1 heterocycles. The lowest BCUT2D eigenvalue weighted by Gasteiger charge is -2.37. The summed E-state index contributed by atoms with van der Waals surface area (Å²) in [7, 11) is 0. The lowest BCUT2D eigenvalue weighted by atomic mass is 9.87. The second-order valence-corrected chi connectivity index (χ2v) is 5.49. The molecule has 1 saturated carbocycles. The van der Waals surface area contributed by atoms with Crippen LogP contribution in [0.5, 0.6) is 0 Å². The number of rotatable bonds is 2. The molecule has 0 radical (unpaired) electrons. The number of piperazine rings is 1. The normalized spacial score (nSPS) is 24.6. The van der Waals surface area contributed by atoms with E-state index in [2.05, 4.69) is 17.9 Å². The van der Waals surface area contributed by atoms with Crippen molar-refractivity contribution < 1.29 is 4.79 Å². The zero-order valence-corrected chi connectivity index (χ0v) is 10.6. The molecule has 0 spiro atoms. The van der Waals surface area contributed by atoms with Gasteiger partial charge in [0.05, 0.1) is 12.6 Å². The van der Waals surface area contributed by atoms with Gasteiger partial charge >= 0.3 is 0 Å². The molecule has 1 aliphatic carbocycles. The second kappa shape index (κ2) is 5.05. The lowest BCUT2D eigenvalue weighted by Crippen LogP contribution is -2.52. The van der Waals surface area contributed by atoms with Crippen LogP contribution >= 0.6 is 0 Å². The van der Waals surface area contributed by atoms with Crippen molar-refractivity contribution in [1.82, 2.24) is 9.80 Å². The first-order chi connectivity index (χ1) is 8.15. The third-order valence-electron chi connectivity index (χ3n) is 4.18. The van der Waals surface area contributed by atoms with Crippen molar-refractivity contribution in [3.63, 3.8) is 0 Å². The van der Waals surface area contributed by atoms with Crippen LogP contribution in [0.2, 0.25) is 0 Å². The molecule has 2 aliphatic rings. The van der Waals surface area contributed by atoms with Gasteiger partial charge in [0.2, 0.25) is 5.91 Å². The number of hydrogen-bond acceptors (Lipinski definition) is 3. The van der Waals surface area contributed by atoms with Crippen molar-refractivity contribution in [3.8, 4) is 6.07 Å². The van der Waals surface area contributed by atoms with Crippen LogP contribution in [0.25, 0.3) is 0 Å². The van der Waals surface area contributed by atoms with Crippen molar-refractivity contribution in [1.29, 1.82) is 5.26 Å². The Kier molecular flexibility index (Phi) is 3.68. The van der Waals surface area contributed by atoms with Crippen molar-refractivity contribution in [2.75, 3.05) is 32.7 Å². The van der Waals surface area contributed by atoms with Crippen molar-refractivity contribution in [2.45, 2.75) is 32.6 Å². The van der Waals surface area contributed by atoms with Crippen molar-refractivity contribution in [3.05, 3.63) is 0 Å². The highest BCUT2D eigenvalue weighted by atomic mass is 16.2. The predicted molar refractivity (Wildman–Crippen MR) is 65.2 cm³/mol. The van der Waals surface area contributed by atoms with Gasteiger partial charge in [-0.3, -0.25) is 9.69 Å². The summed E-state index contributed by atoms with van der Waals surface area (Å²) in [5.41, 5.74) is -0.0998. The summed E-state index contributed by atoms with van der Waals surface area (Å²) in [5, 5.41) is 8.64. The maximum absolute atomic E-state index is 12.4. The van der Waals surface area contributed by atoms with E-state index < -0.39 is 0 Å². The molecule has 0 aromatic carbocycles. The summed E-state index contributed by atoms with van der Waals surface area (Å²) in [4.78, 5) is 16.5. The number of nitrogens with zero attached hydrogens (tertiary/aromatic N) is 3. The Labute approximate surface area is 103 Å². The summed E-state index contributed by atoms with van der Waals surface area (Å²) in [5.74, 6) is 0.339. The Morgan fingerprint density at radius 3 is 2.35 bits per heavy atom. The Hall–Kier alpha value is -1.08. The average Bonchev–Trinajstić information content (AvgIpc) is 2.78. The third-order valence-corrected chi connectivity index (χ3v) is 4.18. The maximum Gasteiger partial charge on any atom is 0.228 e. The molecule has 4 nitrogen and oxygen atoms in total. The van der Waals surface area contributed by atoms with E-state index in [0.717, 1.165) is 39.0 Å². The molecule has 0 bridgehead atoms. The van der Waals surface area contributed by atoms with Crippen LogP contribution in [-0.4, -0.2) is 48.4 Å². The van der Waals surface area contributed by atoms with Gasteiger partial charge in [0.25, 0.3) is 0 Å². The predicted octanol–water partition coefficient (Wildman–Crippen LogP) is 1.23. The molecule has 2 rings (SSSR count). The molecular formula is C13H21N3O. The molecule has 2 fully saturated rings. The molecule has 1 saturated heterocycles. The highest BCUT2D eigenvalue weighted by Crippen LogP contribution is 2.39. The number of nitriles is 1. The first-order valence-electron chi connectivity index (χ1n) is 6.54. The van der Waals surface area contributed by atoms with Crippen LogP contribution in [-0.2, 0) is 4.79 Å². The largest absolute Gasteiger partial charge is 0.340 e. The molecule has 1 amide bonds. The van der Waals surface area contributed by atoms with E-state index >= 15 is 0 Å². The topological polar surface area (TPSA) is 47.3 Å². The monoisotopic (exact) mass is 235 g/mol. The minimum Gasteiger partial charge on any atom is -0.340 e. The fraction of sp³-hybridized carbons (Fsp3) is 0.846. The van der Waals surface area contributed by atoms with Gasteiger partial charge in [-0.25, -0.2) is 0 Å². The van der Waals surface area contributed by atoms with Gasteiger partial charge in [0.15, 0.2) is 0 Å². The van der Waals surface area contributed by atoms with Gasteiger partial charge in [-0.1, -0.05) is 19.8 Å². The van der Waals surface area contributed by atoms with E-state index in [4.69, 9.17) is 5.26 Å². The van der Waals surface area contributed by atoms with Gasteiger partial charge in [0, 0.05) is 31.6 Å². The molecule has 0 aromatic rings. The molecule has 17 heavy (non-hydrogen) atoms. The second-order valence-electron chi connectivity index (χ2n) is 5.49. The lowest BCUT2D eigenvalue weighted by molar-refractivity contribution is -0.142. The van der Waals surface area contributed by atoms with Crippen LogP contribution in [0.1, 0.15) is 32.6 Å². The molecular weight excluding hydrogens is 214 g/mol. The Morgan fingerprint density at radius 2 is 1.82 bits per heavy atom. The fourth-order valence-electron chi connectivity index (χ4n) is 2.96. The zero-order chi connectivity index (χ0) is 12.3. The first kappa shape index (κ1) is 12.4. The van der Waals surface area contributed by atoms with Crippen LogP contribution in [0.15, 0.2) is 0 Å². The molecule has 0 atom stereocenters. The van der Waals surface area contributed by atoms with Crippen LogP contribution < -0.4 is 0 Å². The average molecular weight is 235 g/mol. The fourth-order valence-corrected chi connectivity index (χ4v) is 2.96. The summed E-state index contributed by atoms with van der Waals surface area (Å²) in [6.45, 7) is 5.86. The number of amides is 1. The smallest absolute Gasteiger partial charge is 0.228 e. The summed E-state index contributed by atoms with van der Waals surface area (Å²) in [6, 6.07) is 2.17. The molecule has 0 aromatic heterocycles. The molecule has 0 N–H and O–H groups in total. The van der Waals surface area contributed by atoms with Crippen LogP contribution in [0.4, 0.5) is 0 Å². The molecule has 1 aliphatic heterocycles. The molecule has 4 heteroatoms. The minimum absolute atomic E-state index is 0.0998. The van der Waals surface area contributed by atoms with Gasteiger partial charge < -0.3 is 4.90 Å². The van der Waals surface area contributed by atoms with E-state index in [1.165, 1.54) is 12.8 Å². The Bertz CT molecular complexity index is 320. The number of carbonyl (C=O) groups excluding carboxylic acids is 1. The maximum atomic E-state index is 12.4. The third kappa shape index (κ3) is 2.61. The van der Waals surface area contributed by atoms with Gasteiger partial charge in [-0.05, 0) is 12.8 Å². The van der Waals surface area contributed by atoms with Crippen LogP contribution in [0, 0.1) is 16.7 Å². The SMILES string of the molecule is CC1(C(=O)N2CCN(CC#N)CC2)CCCC1. The van der Waals surface area contributed by atoms with E-state index in [1.54, 1.807) is 0 Å². The molecule has 94 valence electrons. The quantitative estimate of drug-likeness (QED) is 0.676. The van der Waals surface area contributed by atoms with E-state index in [-0.39, 0.29) is 5.41 Å². The summed E-state index contributed by atoms with van der Waals surface area (Å²) in [6.07, 6.45) is 4.47. The first-order valence-corrected chi connectivity index (χ1v) is 6.54. The number of hydrogen-bond donors (Lipinski definition) is 0. The highest BCUT2D eigenvalue weighted by molar-refractivity contribution is 5.82.